The average molecular weight is 808 g/mol. The normalized spacial score (nSPS) is 26.8. The molecule has 58 heavy (non-hydrogen) atoms. The van der Waals surface area contributed by atoms with Crippen molar-refractivity contribution in [2.75, 3.05) is 40.3 Å². The van der Waals surface area contributed by atoms with Gasteiger partial charge >= 0.3 is 6.09 Å². The summed E-state index contributed by atoms with van der Waals surface area (Å²) in [5.41, 5.74) is -0.581. The summed E-state index contributed by atoms with van der Waals surface area (Å²) in [5.74, 6) is -4.88. The van der Waals surface area contributed by atoms with E-state index in [1.54, 1.807) is 70.1 Å². The van der Waals surface area contributed by atoms with E-state index in [1.165, 1.54) is 9.80 Å². The molecule has 5 rings (SSSR count). The van der Waals surface area contributed by atoms with Crippen molar-refractivity contribution in [2.45, 2.75) is 116 Å². The summed E-state index contributed by atoms with van der Waals surface area (Å²) in [6.45, 7) is 9.68. The quantitative estimate of drug-likeness (QED) is 0.284. The highest BCUT2D eigenvalue weighted by Gasteiger charge is 2.70. The maximum absolute atomic E-state index is 14.7. The van der Waals surface area contributed by atoms with Crippen LogP contribution >= 0.6 is 0 Å². The summed E-state index contributed by atoms with van der Waals surface area (Å²) in [6, 6.07) is 4.27. The van der Waals surface area contributed by atoms with Crippen LogP contribution in [-0.2, 0) is 38.3 Å². The Morgan fingerprint density at radius 3 is 2.31 bits per heavy atom. The van der Waals surface area contributed by atoms with Gasteiger partial charge in [-0.25, -0.2) is 4.79 Å². The van der Waals surface area contributed by atoms with Crippen LogP contribution in [0.1, 0.15) is 97.6 Å². The third-order valence-corrected chi connectivity index (χ3v) is 12.0. The number of alkyl carbamates (subject to hydrolysis) is 1. The number of piperidine rings is 2. The number of likely N-dealkylation sites (N-methyl/N-ethyl adjacent to an activating group) is 1. The lowest BCUT2D eigenvalue weighted by atomic mass is 9.88. The lowest BCUT2D eigenvalue weighted by Gasteiger charge is -2.40. The monoisotopic (exact) mass is 807 g/mol. The molecule has 1 aliphatic carbocycles. The second-order valence-corrected chi connectivity index (χ2v) is 18.0. The van der Waals surface area contributed by atoms with Gasteiger partial charge in [0.1, 0.15) is 23.7 Å². The van der Waals surface area contributed by atoms with E-state index < -0.39 is 77.7 Å². The first-order valence-corrected chi connectivity index (χ1v) is 20.6. The number of carbonyl (C=O) groups is 8. The number of ketones is 1. The molecule has 4 aliphatic rings. The minimum Gasteiger partial charge on any atom is -0.444 e. The zero-order valence-corrected chi connectivity index (χ0v) is 34.9. The molecule has 0 radical (unpaired) electrons. The number of hydrogen-bond donors (Lipinski definition) is 4. The molecule has 4 N–H and O–H groups in total. The SMILES string of the molecule is CN(C)C(=O)[C@@H](NC(=O)CNC(=O)C(=O)[C@@H]1CCCCCCC(=O)N2CCCC(C2)[C@H](NC(=O)OC(C)(C)C)C(=O)N2C[C@H]3[C@@H]([C@H]2C(=O)N1)C3(C)C)c1ccccc1. The first-order valence-electron chi connectivity index (χ1n) is 20.6. The Morgan fingerprint density at radius 2 is 1.64 bits per heavy atom. The molecular formula is C42H61N7O9. The molecule has 1 unspecified atom stereocenters. The minimum atomic E-state index is -1.26. The molecule has 7 amide bonds. The number of ether oxygens (including phenoxy) is 1. The van der Waals surface area contributed by atoms with Crippen molar-refractivity contribution in [3.8, 4) is 0 Å². The highest BCUT2D eigenvalue weighted by Crippen LogP contribution is 2.65. The van der Waals surface area contributed by atoms with E-state index in [4.69, 9.17) is 4.74 Å². The number of fused-ring (bicyclic) bond motifs is 5. The fourth-order valence-electron chi connectivity index (χ4n) is 8.79. The van der Waals surface area contributed by atoms with Crippen molar-refractivity contribution in [3.05, 3.63) is 35.9 Å². The highest BCUT2D eigenvalue weighted by molar-refractivity contribution is 6.38. The summed E-state index contributed by atoms with van der Waals surface area (Å²) in [4.78, 5) is 113. The Kier molecular flexibility index (Phi) is 13.9. The Bertz CT molecular complexity index is 1740. The van der Waals surface area contributed by atoms with Crippen LogP contribution in [0.25, 0.3) is 0 Å². The van der Waals surface area contributed by atoms with E-state index in [2.05, 4.69) is 21.3 Å². The van der Waals surface area contributed by atoms with E-state index in [-0.39, 0.29) is 48.6 Å². The van der Waals surface area contributed by atoms with Crippen LogP contribution in [0.2, 0.25) is 0 Å². The van der Waals surface area contributed by atoms with E-state index >= 15 is 0 Å². The van der Waals surface area contributed by atoms with Crippen LogP contribution in [0, 0.1) is 23.2 Å². The Hall–Kier alpha value is -5.02. The molecular weight excluding hydrogens is 747 g/mol. The minimum absolute atomic E-state index is 0.0144. The van der Waals surface area contributed by atoms with Gasteiger partial charge in [0.25, 0.3) is 5.91 Å². The lowest BCUT2D eigenvalue weighted by Crippen LogP contribution is -2.61. The molecule has 7 atom stereocenters. The van der Waals surface area contributed by atoms with Crippen LogP contribution in [0.5, 0.6) is 0 Å². The van der Waals surface area contributed by atoms with Crippen molar-refractivity contribution in [1.82, 2.24) is 36.0 Å². The Balaban J connectivity index is 1.36. The first-order chi connectivity index (χ1) is 27.3. The third-order valence-electron chi connectivity index (χ3n) is 12.0. The summed E-state index contributed by atoms with van der Waals surface area (Å²) < 4.78 is 5.55. The third kappa shape index (κ3) is 10.5. The van der Waals surface area contributed by atoms with Crippen molar-refractivity contribution in [2.24, 2.45) is 23.2 Å². The summed E-state index contributed by atoms with van der Waals surface area (Å²) in [6.07, 6.45) is 3.21. The van der Waals surface area contributed by atoms with E-state index in [0.717, 1.165) is 0 Å². The number of carbonyl (C=O) groups excluding carboxylic acids is 8. The number of rotatable bonds is 8. The zero-order valence-electron chi connectivity index (χ0n) is 34.9. The van der Waals surface area contributed by atoms with Crippen LogP contribution < -0.4 is 21.3 Å². The second kappa shape index (κ2) is 18.3. The zero-order chi connectivity index (χ0) is 42.5. The van der Waals surface area contributed by atoms with Crippen LogP contribution in [0.3, 0.4) is 0 Å². The average Bonchev–Trinajstić information content (AvgIpc) is 3.46. The van der Waals surface area contributed by atoms with Gasteiger partial charge in [0.05, 0.1) is 12.6 Å². The Morgan fingerprint density at radius 1 is 0.948 bits per heavy atom. The van der Waals surface area contributed by atoms with Gasteiger partial charge in [0.2, 0.25) is 35.3 Å². The van der Waals surface area contributed by atoms with Gasteiger partial charge in [-0.2, -0.15) is 0 Å². The van der Waals surface area contributed by atoms with Gasteiger partial charge in [0.15, 0.2) is 0 Å². The fourth-order valence-corrected chi connectivity index (χ4v) is 8.79. The number of nitrogens with zero attached hydrogens (tertiary/aromatic N) is 3. The van der Waals surface area contributed by atoms with E-state index in [9.17, 15) is 38.4 Å². The molecule has 318 valence electrons. The topological polar surface area (TPSA) is 204 Å². The maximum atomic E-state index is 14.7. The molecule has 1 aromatic carbocycles. The van der Waals surface area contributed by atoms with Crippen molar-refractivity contribution >= 4 is 47.3 Å². The smallest absolute Gasteiger partial charge is 0.408 e. The summed E-state index contributed by atoms with van der Waals surface area (Å²) in [5, 5.41) is 10.6. The fraction of sp³-hybridized carbons (Fsp3) is 0.667. The summed E-state index contributed by atoms with van der Waals surface area (Å²) in [7, 11) is 3.12. The predicted molar refractivity (Wildman–Crippen MR) is 212 cm³/mol. The van der Waals surface area contributed by atoms with Gasteiger partial charge in [-0.3, -0.25) is 33.6 Å². The molecule has 16 nitrogen and oxygen atoms in total. The second-order valence-electron chi connectivity index (χ2n) is 18.0. The van der Waals surface area contributed by atoms with Crippen molar-refractivity contribution < 1.29 is 43.1 Å². The van der Waals surface area contributed by atoms with Gasteiger partial charge in [-0.1, -0.05) is 63.4 Å². The number of Topliss-reactive ketones (excluding diaryl/α,β-unsaturated/α-hetero) is 1. The van der Waals surface area contributed by atoms with Crippen LogP contribution in [0.15, 0.2) is 30.3 Å². The Labute approximate surface area is 340 Å². The van der Waals surface area contributed by atoms with E-state index in [1.807, 2.05) is 13.8 Å². The molecule has 3 saturated heterocycles. The van der Waals surface area contributed by atoms with Gasteiger partial charge in [0, 0.05) is 46.1 Å². The van der Waals surface area contributed by atoms with Gasteiger partial charge in [-0.05, 0) is 69.3 Å². The van der Waals surface area contributed by atoms with Gasteiger partial charge in [-0.15, -0.1) is 0 Å². The lowest BCUT2D eigenvalue weighted by molar-refractivity contribution is -0.145. The molecule has 1 aromatic rings. The molecule has 3 aliphatic heterocycles. The summed E-state index contributed by atoms with van der Waals surface area (Å²) >= 11 is 0. The molecule has 16 heteroatoms. The maximum Gasteiger partial charge on any atom is 0.408 e. The number of benzene rings is 1. The molecule has 0 spiro atoms. The first kappa shape index (κ1) is 44.1. The molecule has 4 fully saturated rings. The number of nitrogens with one attached hydrogen (secondary N) is 4. The molecule has 3 heterocycles. The standard InChI is InChI=1S/C42H61N7O9/c1-41(2,3)58-40(57)46-33-26-18-15-21-48(23-26)30(51)20-14-9-8-13-19-28(44-36(53)34-31-27(42(31,4)5)24-49(34)39(33)56)35(52)37(54)43-22-29(50)45-32(38(55)47(6)7)25-16-11-10-12-17-25/h10-12,16-17,26-28,31-34H,8-9,13-15,18-24H2,1-7H3,(H,43,54)(H,44,53)(H,45,50)(H,46,57)/t26?,27-,28-,31-,32-,33-,34-/m0/s1. The number of amides is 7. The van der Waals surface area contributed by atoms with Crippen LogP contribution in [0.4, 0.5) is 4.79 Å². The van der Waals surface area contributed by atoms with Crippen molar-refractivity contribution in [3.63, 3.8) is 0 Å². The molecule has 1 saturated carbocycles. The largest absolute Gasteiger partial charge is 0.444 e. The molecule has 2 bridgehead atoms. The molecule has 0 aromatic heterocycles. The van der Waals surface area contributed by atoms with Crippen LogP contribution in [-0.4, -0.2) is 126 Å². The highest BCUT2D eigenvalue weighted by atomic mass is 16.6. The predicted octanol–water partition coefficient (Wildman–Crippen LogP) is 2.07. The van der Waals surface area contributed by atoms with Gasteiger partial charge < -0.3 is 40.7 Å². The van der Waals surface area contributed by atoms with E-state index in [0.29, 0.717) is 57.1 Å². The van der Waals surface area contributed by atoms with Crippen molar-refractivity contribution in [1.29, 1.82) is 0 Å². The number of hydrogen-bond acceptors (Lipinski definition) is 9.